The van der Waals surface area contributed by atoms with Crippen molar-refractivity contribution in [3.05, 3.63) is 42.5 Å². The van der Waals surface area contributed by atoms with E-state index in [1.807, 2.05) is 6.92 Å². The topological polar surface area (TPSA) is 97.5 Å². The molecule has 2 rings (SSSR count). The number of carbonyl (C=O) groups is 1. The number of nitrogens with zero attached hydrogens (tertiary/aromatic N) is 3. The zero-order valence-electron chi connectivity index (χ0n) is 14.3. The number of methoxy groups -OCH3 is 1. The average molecular weight is 333 g/mol. The van der Waals surface area contributed by atoms with Crippen LogP contribution in [0.5, 0.6) is 5.75 Å². The highest BCUT2D eigenvalue weighted by molar-refractivity contribution is 5.76. The first-order chi connectivity index (χ1) is 11.3. The normalized spacial score (nSPS) is 15.5. The maximum atomic E-state index is 11.9. The molecule has 0 bridgehead atoms. The lowest BCUT2D eigenvalue weighted by Crippen LogP contribution is -2.52. The number of aliphatic hydroxyl groups is 1. The first-order valence-corrected chi connectivity index (χ1v) is 7.73. The molecule has 0 fully saturated rings. The summed E-state index contributed by atoms with van der Waals surface area (Å²) in [5.74, 6) is -0.470. The lowest BCUT2D eigenvalue weighted by atomic mass is 9.66. The Morgan fingerprint density at radius 3 is 2.38 bits per heavy atom. The lowest BCUT2D eigenvalue weighted by molar-refractivity contribution is -0.175. The fourth-order valence-electron chi connectivity index (χ4n) is 3.03. The van der Waals surface area contributed by atoms with Gasteiger partial charge in [-0.25, -0.2) is 9.67 Å². The van der Waals surface area contributed by atoms with Crippen LogP contribution in [-0.4, -0.2) is 38.1 Å². The van der Waals surface area contributed by atoms with Crippen molar-refractivity contribution in [2.45, 2.75) is 38.8 Å². The summed E-state index contributed by atoms with van der Waals surface area (Å²) >= 11 is 0. The van der Waals surface area contributed by atoms with Gasteiger partial charge >= 0.3 is 5.97 Å². The molecule has 130 valence electrons. The predicted molar refractivity (Wildman–Crippen MR) is 87.7 cm³/mol. The van der Waals surface area contributed by atoms with Crippen molar-refractivity contribution < 1.29 is 19.7 Å². The number of benzene rings is 1. The molecular weight excluding hydrogens is 310 g/mol. The maximum Gasteiger partial charge on any atom is 0.312 e. The molecule has 1 heterocycles. The molecule has 7 nitrogen and oxygen atoms in total. The van der Waals surface area contributed by atoms with Gasteiger partial charge in [-0.15, -0.1) is 0 Å². The molecule has 0 aliphatic heterocycles. The van der Waals surface area contributed by atoms with Crippen LogP contribution in [0.4, 0.5) is 0 Å². The van der Waals surface area contributed by atoms with Crippen LogP contribution in [0.25, 0.3) is 0 Å². The van der Waals surface area contributed by atoms with Crippen molar-refractivity contribution in [2.24, 2.45) is 5.41 Å². The van der Waals surface area contributed by atoms with E-state index in [0.717, 1.165) is 0 Å². The monoisotopic (exact) mass is 333 g/mol. The standard InChI is InChI=1S/C17H23N3O4/c1-5-14(20-11-18-10-19-20)17(23,16(2,3)15(21)22)12-6-8-13(24-4)9-7-12/h6-11,14,23H,5H2,1-4H3,(H,21,22). The minimum Gasteiger partial charge on any atom is -0.497 e. The molecule has 0 aliphatic carbocycles. The number of aromatic nitrogens is 3. The third-order valence-electron chi connectivity index (χ3n) is 4.64. The van der Waals surface area contributed by atoms with Crippen LogP contribution in [0.3, 0.4) is 0 Å². The van der Waals surface area contributed by atoms with Crippen LogP contribution >= 0.6 is 0 Å². The number of hydrogen-bond acceptors (Lipinski definition) is 5. The molecule has 0 saturated heterocycles. The molecule has 2 unspecified atom stereocenters. The zero-order chi connectivity index (χ0) is 18.0. The molecule has 7 heteroatoms. The van der Waals surface area contributed by atoms with Crippen LogP contribution in [0, 0.1) is 5.41 Å². The number of aliphatic carboxylic acids is 1. The average Bonchev–Trinajstić information content (AvgIpc) is 3.09. The van der Waals surface area contributed by atoms with Crippen LogP contribution in [0.1, 0.15) is 38.8 Å². The van der Waals surface area contributed by atoms with Gasteiger partial charge in [0.05, 0.1) is 18.6 Å². The van der Waals surface area contributed by atoms with E-state index in [9.17, 15) is 15.0 Å². The molecule has 1 aromatic carbocycles. The summed E-state index contributed by atoms with van der Waals surface area (Å²) in [7, 11) is 1.55. The van der Waals surface area contributed by atoms with Crippen molar-refractivity contribution >= 4 is 5.97 Å². The minimum absolute atomic E-state index is 0.475. The van der Waals surface area contributed by atoms with Gasteiger partial charge in [-0.05, 0) is 38.0 Å². The first-order valence-electron chi connectivity index (χ1n) is 7.73. The van der Waals surface area contributed by atoms with E-state index in [1.54, 1.807) is 31.4 Å². The van der Waals surface area contributed by atoms with Gasteiger partial charge in [0, 0.05) is 0 Å². The van der Waals surface area contributed by atoms with Gasteiger partial charge in [0.15, 0.2) is 0 Å². The van der Waals surface area contributed by atoms with Crippen LogP contribution in [0.2, 0.25) is 0 Å². The highest BCUT2D eigenvalue weighted by Crippen LogP contribution is 2.48. The van der Waals surface area contributed by atoms with Crippen LogP contribution in [-0.2, 0) is 10.4 Å². The molecule has 0 aliphatic rings. The number of carboxylic acid groups (broad SMARTS) is 1. The molecule has 24 heavy (non-hydrogen) atoms. The Balaban J connectivity index is 2.66. The second kappa shape index (κ2) is 6.60. The number of hydrogen-bond donors (Lipinski definition) is 2. The molecule has 2 N–H and O–H groups in total. The van der Waals surface area contributed by atoms with Gasteiger partial charge in [-0.3, -0.25) is 4.79 Å². The van der Waals surface area contributed by atoms with Gasteiger partial charge in [0.25, 0.3) is 0 Å². The second-order valence-electron chi connectivity index (χ2n) is 6.22. The van der Waals surface area contributed by atoms with E-state index >= 15 is 0 Å². The number of ether oxygens (including phenoxy) is 1. The third-order valence-corrected chi connectivity index (χ3v) is 4.64. The first kappa shape index (κ1) is 17.9. The van der Waals surface area contributed by atoms with Crippen molar-refractivity contribution in [1.82, 2.24) is 14.8 Å². The van der Waals surface area contributed by atoms with E-state index in [1.165, 1.54) is 31.2 Å². The van der Waals surface area contributed by atoms with Gasteiger partial charge < -0.3 is 14.9 Å². The Morgan fingerprint density at radius 2 is 1.96 bits per heavy atom. The SMILES string of the molecule is CCC(n1cncn1)C(O)(c1ccc(OC)cc1)C(C)(C)C(=O)O. The number of carboxylic acids is 1. The Labute approximate surface area is 140 Å². The van der Waals surface area contributed by atoms with Gasteiger partial charge in [-0.1, -0.05) is 19.1 Å². The van der Waals surface area contributed by atoms with E-state index in [4.69, 9.17) is 4.74 Å². The smallest absolute Gasteiger partial charge is 0.312 e. The van der Waals surface area contributed by atoms with E-state index in [2.05, 4.69) is 10.1 Å². The highest BCUT2D eigenvalue weighted by Gasteiger charge is 2.55. The molecule has 0 spiro atoms. The summed E-state index contributed by atoms with van der Waals surface area (Å²) in [5.41, 5.74) is -2.68. The molecule has 1 aromatic heterocycles. The van der Waals surface area contributed by atoms with Crippen molar-refractivity contribution in [3.63, 3.8) is 0 Å². The molecule has 2 atom stereocenters. The van der Waals surface area contributed by atoms with E-state index < -0.39 is 23.0 Å². The Bertz CT molecular complexity index is 682. The molecule has 0 amide bonds. The van der Waals surface area contributed by atoms with Crippen molar-refractivity contribution in [1.29, 1.82) is 0 Å². The third kappa shape index (κ3) is 2.75. The molecule has 0 radical (unpaired) electrons. The second-order valence-corrected chi connectivity index (χ2v) is 6.22. The van der Waals surface area contributed by atoms with Gasteiger partial charge in [0.1, 0.15) is 24.0 Å². The summed E-state index contributed by atoms with van der Waals surface area (Å²) in [6.07, 6.45) is 3.33. The lowest BCUT2D eigenvalue weighted by Gasteiger charge is -2.45. The highest BCUT2D eigenvalue weighted by atomic mass is 16.5. The summed E-state index contributed by atoms with van der Waals surface area (Å²) in [4.78, 5) is 15.8. The fourth-order valence-corrected chi connectivity index (χ4v) is 3.03. The van der Waals surface area contributed by atoms with Crippen LogP contribution in [0.15, 0.2) is 36.9 Å². The summed E-state index contributed by atoms with van der Waals surface area (Å²) in [5, 5.41) is 25.5. The summed E-state index contributed by atoms with van der Waals surface area (Å²) in [6.45, 7) is 4.90. The predicted octanol–water partition coefficient (Wildman–Crippen LogP) is 2.24. The van der Waals surface area contributed by atoms with E-state index in [-0.39, 0.29) is 0 Å². The minimum atomic E-state index is -1.70. The quantitative estimate of drug-likeness (QED) is 0.806. The van der Waals surface area contributed by atoms with Gasteiger partial charge in [0.2, 0.25) is 0 Å². The summed E-state index contributed by atoms with van der Waals surface area (Å²) in [6, 6.07) is 6.17. The van der Waals surface area contributed by atoms with Crippen molar-refractivity contribution in [3.8, 4) is 5.75 Å². The zero-order valence-corrected chi connectivity index (χ0v) is 14.3. The maximum absolute atomic E-state index is 11.9. The largest absolute Gasteiger partial charge is 0.497 e. The van der Waals surface area contributed by atoms with E-state index in [0.29, 0.717) is 17.7 Å². The molecular formula is C17H23N3O4. The fraction of sp³-hybridized carbons (Fsp3) is 0.471. The summed E-state index contributed by atoms with van der Waals surface area (Å²) < 4.78 is 6.66. The molecule has 0 saturated carbocycles. The van der Waals surface area contributed by atoms with Crippen LogP contribution < -0.4 is 4.74 Å². The molecule has 2 aromatic rings. The number of rotatable bonds is 7. The Kier molecular flexibility index (Phi) is 4.94. The Hall–Kier alpha value is -2.41. The van der Waals surface area contributed by atoms with Crippen molar-refractivity contribution in [2.75, 3.05) is 7.11 Å². The van der Waals surface area contributed by atoms with Gasteiger partial charge in [-0.2, -0.15) is 5.10 Å². The Morgan fingerprint density at radius 1 is 1.33 bits per heavy atom.